The maximum Gasteiger partial charge on any atom is 0.00684 e. The number of nitrogens with zero attached hydrogens (tertiary/aromatic N) is 1. The third-order valence-corrected chi connectivity index (χ3v) is 6.04. The highest BCUT2D eigenvalue weighted by Gasteiger charge is 2.32. The number of rotatable bonds is 9. The molecule has 0 aromatic carbocycles. The summed E-state index contributed by atoms with van der Waals surface area (Å²) in [5, 5.41) is 3.81. The molecule has 2 aliphatic rings. The van der Waals surface area contributed by atoms with Crippen molar-refractivity contribution in [2.24, 2.45) is 11.3 Å². The molecule has 1 aliphatic heterocycles. The van der Waals surface area contributed by atoms with Gasteiger partial charge >= 0.3 is 0 Å². The SMILES string of the molecule is CCCC1CCCN(CC(CC)(CC)CNC2CC2)CC1. The van der Waals surface area contributed by atoms with Gasteiger partial charge in [-0.25, -0.2) is 0 Å². The Bertz CT molecular complexity index is 281. The fourth-order valence-corrected chi connectivity index (χ4v) is 3.98. The van der Waals surface area contributed by atoms with Crippen LogP contribution in [0, 0.1) is 11.3 Å². The van der Waals surface area contributed by atoms with Crippen LogP contribution in [-0.2, 0) is 0 Å². The van der Waals surface area contributed by atoms with Crippen LogP contribution >= 0.6 is 0 Å². The lowest BCUT2D eigenvalue weighted by Gasteiger charge is -2.37. The van der Waals surface area contributed by atoms with Crippen molar-refractivity contribution >= 4 is 0 Å². The second-order valence-corrected chi connectivity index (χ2v) is 7.72. The van der Waals surface area contributed by atoms with E-state index >= 15 is 0 Å². The van der Waals surface area contributed by atoms with Gasteiger partial charge in [0.1, 0.15) is 0 Å². The van der Waals surface area contributed by atoms with Gasteiger partial charge in [0.15, 0.2) is 0 Å². The minimum atomic E-state index is 0.507. The van der Waals surface area contributed by atoms with E-state index in [0.717, 1.165) is 12.0 Å². The van der Waals surface area contributed by atoms with E-state index < -0.39 is 0 Å². The van der Waals surface area contributed by atoms with E-state index in [0.29, 0.717) is 5.41 Å². The van der Waals surface area contributed by atoms with Crippen LogP contribution in [0.5, 0.6) is 0 Å². The van der Waals surface area contributed by atoms with Crippen LogP contribution in [0.4, 0.5) is 0 Å². The third-order valence-electron chi connectivity index (χ3n) is 6.04. The van der Waals surface area contributed by atoms with Crippen molar-refractivity contribution in [3.63, 3.8) is 0 Å². The summed E-state index contributed by atoms with van der Waals surface area (Å²) in [5.41, 5.74) is 0.507. The van der Waals surface area contributed by atoms with Crippen molar-refractivity contribution in [3.05, 3.63) is 0 Å². The van der Waals surface area contributed by atoms with Crippen LogP contribution in [0.2, 0.25) is 0 Å². The topological polar surface area (TPSA) is 15.3 Å². The van der Waals surface area contributed by atoms with Crippen molar-refractivity contribution in [1.82, 2.24) is 10.2 Å². The molecule has 1 heterocycles. The molecule has 0 aromatic heterocycles. The molecule has 0 spiro atoms. The molecule has 1 N–H and O–H groups in total. The van der Waals surface area contributed by atoms with Crippen molar-refractivity contribution in [3.8, 4) is 0 Å². The first kappa shape index (κ1) is 17.3. The summed E-state index contributed by atoms with van der Waals surface area (Å²) in [6.07, 6.45) is 12.6. The molecule has 2 rings (SSSR count). The lowest BCUT2D eigenvalue weighted by molar-refractivity contribution is 0.135. The third kappa shape index (κ3) is 5.56. The predicted octanol–water partition coefficient (Wildman–Crippen LogP) is 4.45. The highest BCUT2D eigenvalue weighted by molar-refractivity contribution is 4.89. The van der Waals surface area contributed by atoms with Gasteiger partial charge in [0, 0.05) is 19.1 Å². The zero-order chi connectivity index (χ0) is 15.1. The number of nitrogens with one attached hydrogen (secondary N) is 1. The molecular formula is C19H38N2. The number of hydrogen-bond donors (Lipinski definition) is 1. The normalized spacial score (nSPS) is 25.0. The van der Waals surface area contributed by atoms with Crippen LogP contribution < -0.4 is 5.32 Å². The average molecular weight is 295 g/mol. The Labute approximate surface area is 133 Å². The molecule has 1 saturated heterocycles. The molecule has 1 unspecified atom stereocenters. The monoisotopic (exact) mass is 294 g/mol. The molecule has 2 heteroatoms. The van der Waals surface area contributed by atoms with Gasteiger partial charge in [0.25, 0.3) is 0 Å². The van der Waals surface area contributed by atoms with Gasteiger partial charge in [0.2, 0.25) is 0 Å². The first-order valence-corrected chi connectivity index (χ1v) is 9.67. The van der Waals surface area contributed by atoms with Gasteiger partial charge in [-0.2, -0.15) is 0 Å². The summed E-state index contributed by atoms with van der Waals surface area (Å²) >= 11 is 0. The van der Waals surface area contributed by atoms with Crippen molar-refractivity contribution in [2.45, 2.75) is 84.6 Å². The van der Waals surface area contributed by atoms with E-state index in [2.05, 4.69) is 31.0 Å². The predicted molar refractivity (Wildman–Crippen MR) is 92.7 cm³/mol. The molecular weight excluding hydrogens is 256 g/mol. The van der Waals surface area contributed by atoms with Crippen molar-refractivity contribution in [1.29, 1.82) is 0 Å². The molecule has 0 aromatic rings. The minimum absolute atomic E-state index is 0.507. The maximum absolute atomic E-state index is 3.81. The average Bonchev–Trinajstić information content (AvgIpc) is 3.33. The molecule has 0 radical (unpaired) electrons. The molecule has 0 bridgehead atoms. The van der Waals surface area contributed by atoms with E-state index in [1.165, 1.54) is 84.0 Å². The first-order valence-electron chi connectivity index (χ1n) is 9.67. The van der Waals surface area contributed by atoms with Crippen LogP contribution in [0.25, 0.3) is 0 Å². The lowest BCUT2D eigenvalue weighted by Crippen LogP contribution is -2.44. The van der Waals surface area contributed by atoms with Gasteiger partial charge in [-0.1, -0.05) is 33.6 Å². The van der Waals surface area contributed by atoms with E-state index in [-0.39, 0.29) is 0 Å². The molecule has 1 aliphatic carbocycles. The van der Waals surface area contributed by atoms with Crippen LogP contribution in [0.15, 0.2) is 0 Å². The fourth-order valence-electron chi connectivity index (χ4n) is 3.98. The fraction of sp³-hybridized carbons (Fsp3) is 1.00. The molecule has 124 valence electrons. The van der Waals surface area contributed by atoms with Gasteiger partial charge < -0.3 is 10.2 Å². The van der Waals surface area contributed by atoms with Crippen LogP contribution in [-0.4, -0.2) is 37.1 Å². The van der Waals surface area contributed by atoms with Crippen molar-refractivity contribution < 1.29 is 0 Å². The Kier molecular flexibility index (Phi) is 7.01. The van der Waals surface area contributed by atoms with Gasteiger partial charge in [-0.05, 0) is 69.4 Å². The number of likely N-dealkylation sites (tertiary alicyclic amines) is 1. The van der Waals surface area contributed by atoms with E-state index in [9.17, 15) is 0 Å². The Morgan fingerprint density at radius 1 is 1.00 bits per heavy atom. The second-order valence-electron chi connectivity index (χ2n) is 7.72. The van der Waals surface area contributed by atoms with Gasteiger partial charge in [0.05, 0.1) is 0 Å². The lowest BCUT2D eigenvalue weighted by atomic mass is 9.81. The molecule has 2 nitrogen and oxygen atoms in total. The van der Waals surface area contributed by atoms with Gasteiger partial charge in [-0.15, -0.1) is 0 Å². The van der Waals surface area contributed by atoms with E-state index in [1.54, 1.807) is 0 Å². The summed E-state index contributed by atoms with van der Waals surface area (Å²) < 4.78 is 0. The van der Waals surface area contributed by atoms with E-state index in [1.807, 2.05) is 0 Å². The van der Waals surface area contributed by atoms with Crippen LogP contribution in [0.3, 0.4) is 0 Å². The highest BCUT2D eigenvalue weighted by atomic mass is 15.1. The molecule has 2 fully saturated rings. The summed E-state index contributed by atoms with van der Waals surface area (Å²) in [6.45, 7) is 12.4. The van der Waals surface area contributed by atoms with Crippen molar-refractivity contribution in [2.75, 3.05) is 26.2 Å². The molecule has 0 amide bonds. The number of hydrogen-bond acceptors (Lipinski definition) is 2. The summed E-state index contributed by atoms with van der Waals surface area (Å²) in [5.74, 6) is 1.00. The maximum atomic E-state index is 3.81. The zero-order valence-corrected chi connectivity index (χ0v) is 14.8. The molecule has 1 saturated carbocycles. The standard InChI is InChI=1S/C19H38N2/c1-4-8-17-9-7-13-21(14-12-17)16-19(5-2,6-3)15-20-18-10-11-18/h17-18,20H,4-16H2,1-3H3. The summed E-state index contributed by atoms with van der Waals surface area (Å²) in [6, 6.07) is 0.848. The summed E-state index contributed by atoms with van der Waals surface area (Å²) in [7, 11) is 0. The first-order chi connectivity index (χ1) is 10.2. The summed E-state index contributed by atoms with van der Waals surface area (Å²) in [4.78, 5) is 2.79. The quantitative estimate of drug-likeness (QED) is 0.676. The van der Waals surface area contributed by atoms with Crippen LogP contribution in [0.1, 0.15) is 78.6 Å². The van der Waals surface area contributed by atoms with Gasteiger partial charge in [-0.3, -0.25) is 0 Å². The highest BCUT2D eigenvalue weighted by Crippen LogP contribution is 2.31. The minimum Gasteiger partial charge on any atom is -0.313 e. The largest absolute Gasteiger partial charge is 0.313 e. The Morgan fingerprint density at radius 2 is 1.76 bits per heavy atom. The smallest absolute Gasteiger partial charge is 0.00684 e. The Hall–Kier alpha value is -0.0800. The Morgan fingerprint density at radius 3 is 2.38 bits per heavy atom. The zero-order valence-electron chi connectivity index (χ0n) is 14.8. The Balaban J connectivity index is 1.83. The second kappa shape index (κ2) is 8.53. The molecule has 1 atom stereocenters. The van der Waals surface area contributed by atoms with E-state index in [4.69, 9.17) is 0 Å². The molecule has 21 heavy (non-hydrogen) atoms.